The molecular weight excluding hydrogens is 480 g/mol. The fourth-order valence-electron chi connectivity index (χ4n) is 4.06. The summed E-state index contributed by atoms with van der Waals surface area (Å²) in [6.45, 7) is 0.397. The smallest absolute Gasteiger partial charge is 0.332 e. The van der Waals surface area contributed by atoms with Crippen molar-refractivity contribution in [3.63, 3.8) is 0 Å². The van der Waals surface area contributed by atoms with Crippen LogP contribution in [-0.2, 0) is 20.2 Å². The van der Waals surface area contributed by atoms with Gasteiger partial charge in [-0.2, -0.15) is 8.78 Å². The molecule has 1 heterocycles. The van der Waals surface area contributed by atoms with Gasteiger partial charge in [0, 0.05) is 18.5 Å². The van der Waals surface area contributed by atoms with Gasteiger partial charge in [0.2, 0.25) is 5.76 Å². The van der Waals surface area contributed by atoms with Gasteiger partial charge in [-0.25, -0.2) is 0 Å². The van der Waals surface area contributed by atoms with Gasteiger partial charge in [0.25, 0.3) is 0 Å². The van der Waals surface area contributed by atoms with Crippen molar-refractivity contribution < 1.29 is 32.9 Å². The highest BCUT2D eigenvalue weighted by molar-refractivity contribution is 5.69. The molecule has 1 atom stereocenters. The Labute approximate surface area is 214 Å². The number of aliphatic carboxylic acids is 1. The third kappa shape index (κ3) is 6.86. The summed E-state index contributed by atoms with van der Waals surface area (Å²) >= 11 is 0. The molecule has 2 aromatic rings. The molecule has 4 rings (SSSR count). The third-order valence-electron chi connectivity index (χ3n) is 6.07. The van der Waals surface area contributed by atoms with Crippen molar-refractivity contribution in [2.24, 2.45) is 0 Å². The van der Waals surface area contributed by atoms with E-state index in [0.717, 1.165) is 30.2 Å². The van der Waals surface area contributed by atoms with Crippen LogP contribution in [0.1, 0.15) is 36.5 Å². The molecule has 8 heteroatoms. The highest BCUT2D eigenvalue weighted by Gasteiger charge is 2.40. The van der Waals surface area contributed by atoms with Crippen molar-refractivity contribution >= 4 is 5.97 Å². The molecule has 6 nitrogen and oxygen atoms in total. The first kappa shape index (κ1) is 26.2. The van der Waals surface area contributed by atoms with Crippen molar-refractivity contribution in [3.8, 4) is 5.75 Å². The van der Waals surface area contributed by atoms with E-state index in [1.807, 2.05) is 48.6 Å². The SMILES string of the molecule is CN(CCC(Oc1ccc(C(F)(F)C2=COC(C3=CC=CCC3)=CO2)cc1)c1ccccc1)CC(=O)O. The zero-order valence-corrected chi connectivity index (χ0v) is 20.5. The first-order valence-electron chi connectivity index (χ1n) is 12.0. The van der Waals surface area contributed by atoms with E-state index in [2.05, 4.69) is 0 Å². The van der Waals surface area contributed by atoms with Crippen LogP contribution in [-0.4, -0.2) is 36.1 Å². The Hall–Kier alpha value is -3.91. The molecule has 0 spiro atoms. The minimum atomic E-state index is -3.40. The quantitative estimate of drug-likeness (QED) is 0.383. The van der Waals surface area contributed by atoms with Gasteiger partial charge in [-0.05, 0) is 55.3 Å². The Morgan fingerprint density at radius 2 is 1.86 bits per heavy atom. The molecule has 0 amide bonds. The number of ether oxygens (including phenoxy) is 3. The number of carboxylic acids is 1. The van der Waals surface area contributed by atoms with Crippen LogP contribution >= 0.6 is 0 Å². The summed E-state index contributed by atoms with van der Waals surface area (Å²) in [7, 11) is 1.72. The van der Waals surface area contributed by atoms with Crippen LogP contribution in [0.3, 0.4) is 0 Å². The number of halogens is 2. The summed E-state index contributed by atoms with van der Waals surface area (Å²) < 4.78 is 47.2. The number of rotatable bonds is 11. The number of carboxylic acid groups (broad SMARTS) is 1. The molecule has 0 saturated heterocycles. The molecule has 194 valence electrons. The highest BCUT2D eigenvalue weighted by Crippen LogP contribution is 2.40. The summed E-state index contributed by atoms with van der Waals surface area (Å²) in [5.74, 6) is -4.06. The molecule has 0 saturated carbocycles. The first-order valence-corrected chi connectivity index (χ1v) is 12.0. The predicted octanol–water partition coefficient (Wildman–Crippen LogP) is 6.31. The van der Waals surface area contributed by atoms with Crippen LogP contribution in [0.2, 0.25) is 0 Å². The molecule has 1 aliphatic carbocycles. The monoisotopic (exact) mass is 509 g/mol. The second-order valence-corrected chi connectivity index (χ2v) is 8.89. The van der Waals surface area contributed by atoms with E-state index in [9.17, 15) is 4.79 Å². The molecule has 37 heavy (non-hydrogen) atoms. The maximum atomic E-state index is 15.2. The second kappa shape index (κ2) is 11.9. The lowest BCUT2D eigenvalue weighted by Crippen LogP contribution is -2.28. The van der Waals surface area contributed by atoms with Crippen molar-refractivity contribution in [3.05, 3.63) is 114 Å². The zero-order valence-electron chi connectivity index (χ0n) is 20.5. The number of alkyl halides is 2. The fraction of sp³-hybridized carbons (Fsp3) is 0.276. The molecule has 2 aliphatic rings. The molecule has 1 aliphatic heterocycles. The molecule has 0 bridgehead atoms. The van der Waals surface area contributed by atoms with Crippen LogP contribution in [0.15, 0.2) is 102 Å². The Morgan fingerprint density at radius 3 is 2.49 bits per heavy atom. The molecular formula is C29H29F2NO5. The summed E-state index contributed by atoms with van der Waals surface area (Å²) in [5.41, 5.74) is 1.54. The number of carbonyl (C=O) groups is 1. The van der Waals surface area contributed by atoms with Gasteiger partial charge in [-0.3, -0.25) is 9.69 Å². The van der Waals surface area contributed by atoms with Gasteiger partial charge in [0.15, 0.2) is 5.76 Å². The normalized spacial score (nSPS) is 16.2. The average molecular weight is 510 g/mol. The lowest BCUT2D eigenvalue weighted by atomic mass is 10.0. The summed E-state index contributed by atoms with van der Waals surface area (Å²) in [4.78, 5) is 12.7. The number of hydrogen-bond donors (Lipinski definition) is 1. The summed E-state index contributed by atoms with van der Waals surface area (Å²) in [6, 6.07) is 15.1. The van der Waals surface area contributed by atoms with E-state index in [-0.39, 0.29) is 18.2 Å². The lowest BCUT2D eigenvalue weighted by Gasteiger charge is -2.24. The Balaban J connectivity index is 1.42. The van der Waals surface area contributed by atoms with Gasteiger partial charge in [0.05, 0.1) is 6.54 Å². The van der Waals surface area contributed by atoms with Gasteiger partial charge >= 0.3 is 11.9 Å². The fourth-order valence-corrected chi connectivity index (χ4v) is 4.06. The topological polar surface area (TPSA) is 68.2 Å². The Kier molecular flexibility index (Phi) is 8.40. The third-order valence-corrected chi connectivity index (χ3v) is 6.07. The van der Waals surface area contributed by atoms with Crippen LogP contribution < -0.4 is 4.74 Å². The number of likely N-dealkylation sites (N-methyl/N-ethyl adjacent to an activating group) is 1. The molecule has 0 fully saturated rings. The summed E-state index contributed by atoms with van der Waals surface area (Å²) in [5, 5.41) is 9.00. The number of allylic oxidation sites excluding steroid dienone is 5. The zero-order chi connectivity index (χ0) is 26.3. The van der Waals surface area contributed by atoms with Crippen LogP contribution in [0.5, 0.6) is 5.75 Å². The van der Waals surface area contributed by atoms with E-state index in [1.165, 1.54) is 30.5 Å². The van der Waals surface area contributed by atoms with E-state index >= 15 is 8.78 Å². The summed E-state index contributed by atoms with van der Waals surface area (Å²) in [6.07, 6.45) is 9.73. The van der Waals surface area contributed by atoms with Crippen molar-refractivity contribution in [2.75, 3.05) is 20.1 Å². The largest absolute Gasteiger partial charge is 0.486 e. The Bertz CT molecular complexity index is 1200. The number of hydrogen-bond acceptors (Lipinski definition) is 5. The van der Waals surface area contributed by atoms with Crippen LogP contribution in [0.25, 0.3) is 0 Å². The molecule has 2 aromatic carbocycles. The van der Waals surface area contributed by atoms with Crippen LogP contribution in [0.4, 0.5) is 8.78 Å². The minimum absolute atomic E-state index is 0.0851. The molecule has 1 unspecified atom stereocenters. The van der Waals surface area contributed by atoms with E-state index in [4.69, 9.17) is 19.3 Å². The van der Waals surface area contributed by atoms with Crippen molar-refractivity contribution in [1.82, 2.24) is 4.90 Å². The van der Waals surface area contributed by atoms with E-state index in [0.29, 0.717) is 24.5 Å². The highest BCUT2D eigenvalue weighted by atomic mass is 19.3. The molecule has 1 N–H and O–H groups in total. The Morgan fingerprint density at radius 1 is 1.11 bits per heavy atom. The maximum absolute atomic E-state index is 15.2. The minimum Gasteiger partial charge on any atom is -0.486 e. The number of nitrogens with zero attached hydrogens (tertiary/aromatic N) is 1. The van der Waals surface area contributed by atoms with E-state index < -0.39 is 17.7 Å². The number of benzene rings is 2. The lowest BCUT2D eigenvalue weighted by molar-refractivity contribution is -0.138. The second-order valence-electron chi connectivity index (χ2n) is 8.89. The first-order chi connectivity index (χ1) is 17.8. The van der Waals surface area contributed by atoms with E-state index in [1.54, 1.807) is 11.9 Å². The van der Waals surface area contributed by atoms with Gasteiger partial charge in [-0.15, -0.1) is 0 Å². The molecule has 0 aromatic heterocycles. The van der Waals surface area contributed by atoms with Gasteiger partial charge in [0.1, 0.15) is 24.4 Å². The van der Waals surface area contributed by atoms with Crippen molar-refractivity contribution in [1.29, 1.82) is 0 Å². The van der Waals surface area contributed by atoms with Crippen LogP contribution in [0, 0.1) is 0 Å². The predicted molar refractivity (Wildman–Crippen MR) is 135 cm³/mol. The van der Waals surface area contributed by atoms with Crippen molar-refractivity contribution in [2.45, 2.75) is 31.3 Å². The van der Waals surface area contributed by atoms with Gasteiger partial charge in [-0.1, -0.05) is 48.6 Å². The maximum Gasteiger partial charge on any atom is 0.332 e. The molecule has 0 radical (unpaired) electrons. The standard InChI is InChI=1S/C29H29F2NO5/c1-32(18-28(33)34)17-16-25(21-8-4-2-5-9-21)37-24-14-12-23(13-15-24)29(30,31)27-20-35-26(19-36-27)22-10-6-3-7-11-22/h2-6,8-10,12-15,19-20,25H,7,11,16-18H2,1H3,(H,33,34). The van der Waals surface area contributed by atoms with Gasteiger partial charge < -0.3 is 19.3 Å². The average Bonchev–Trinajstić information content (AvgIpc) is 2.92.